The van der Waals surface area contributed by atoms with Crippen LogP contribution in [0.5, 0.6) is 0 Å². The Balaban J connectivity index is 1.92. The van der Waals surface area contributed by atoms with E-state index in [0.717, 1.165) is 32.6 Å². The van der Waals surface area contributed by atoms with Gasteiger partial charge in [-0.1, -0.05) is 6.92 Å². The molecule has 2 rings (SSSR count). The Labute approximate surface area is 106 Å². The minimum Gasteiger partial charge on any atom is -0.363 e. The number of aryl methyl sites for hydroxylation is 1. The van der Waals surface area contributed by atoms with Gasteiger partial charge in [0, 0.05) is 20.1 Å². The Morgan fingerprint density at radius 2 is 2.44 bits per heavy atom. The number of nitrogens with zero attached hydrogens (tertiary/aromatic N) is 4. The zero-order valence-corrected chi connectivity index (χ0v) is 10.8. The first kappa shape index (κ1) is 12.8. The maximum Gasteiger partial charge on any atom is 0.330 e. The van der Waals surface area contributed by atoms with Crippen LogP contribution in [0.25, 0.3) is 0 Å². The minimum absolute atomic E-state index is 0.0443. The highest BCUT2D eigenvalue weighted by Crippen LogP contribution is 2.23. The van der Waals surface area contributed by atoms with E-state index in [1.165, 1.54) is 10.9 Å². The fourth-order valence-electron chi connectivity index (χ4n) is 2.34. The highest BCUT2D eigenvalue weighted by molar-refractivity contribution is 5.54. The first-order valence-electron chi connectivity index (χ1n) is 6.24. The van der Waals surface area contributed by atoms with Crippen molar-refractivity contribution in [3.05, 3.63) is 16.3 Å². The molecule has 2 heterocycles. The van der Waals surface area contributed by atoms with Crippen molar-refractivity contribution < 1.29 is 4.92 Å². The van der Waals surface area contributed by atoms with Crippen molar-refractivity contribution in [3.63, 3.8) is 0 Å². The van der Waals surface area contributed by atoms with Crippen LogP contribution in [0.3, 0.4) is 0 Å². The number of nitro groups is 1. The van der Waals surface area contributed by atoms with Gasteiger partial charge in [0.05, 0.1) is 4.92 Å². The Hall–Kier alpha value is -1.63. The zero-order chi connectivity index (χ0) is 13.1. The first-order valence-corrected chi connectivity index (χ1v) is 6.24. The average Bonchev–Trinajstić information content (AvgIpc) is 2.92. The third kappa shape index (κ3) is 2.79. The summed E-state index contributed by atoms with van der Waals surface area (Å²) >= 11 is 0. The van der Waals surface area contributed by atoms with Gasteiger partial charge >= 0.3 is 5.69 Å². The molecule has 1 atom stereocenters. The Morgan fingerprint density at radius 1 is 1.67 bits per heavy atom. The van der Waals surface area contributed by atoms with Gasteiger partial charge in [-0.25, -0.2) is 0 Å². The maximum absolute atomic E-state index is 10.8. The molecule has 7 nitrogen and oxygen atoms in total. The highest BCUT2D eigenvalue weighted by Gasteiger charge is 2.23. The predicted octanol–water partition coefficient (Wildman–Crippen LogP) is 1.08. The monoisotopic (exact) mass is 253 g/mol. The average molecular weight is 253 g/mol. The summed E-state index contributed by atoms with van der Waals surface area (Å²) in [5.41, 5.74) is 0.0443. The van der Waals surface area contributed by atoms with Crippen molar-refractivity contribution in [2.24, 2.45) is 13.0 Å². The van der Waals surface area contributed by atoms with Crippen LogP contribution in [0.2, 0.25) is 0 Å². The molecule has 1 aromatic heterocycles. The molecule has 1 aromatic rings. The van der Waals surface area contributed by atoms with Crippen LogP contribution in [0.15, 0.2) is 6.20 Å². The van der Waals surface area contributed by atoms with Gasteiger partial charge in [0.2, 0.25) is 5.82 Å². The normalized spacial score (nSPS) is 20.2. The molecular weight excluding hydrogens is 234 g/mol. The van der Waals surface area contributed by atoms with Gasteiger partial charge in [-0.05, 0) is 25.4 Å². The predicted molar refractivity (Wildman–Crippen MR) is 68.6 cm³/mol. The zero-order valence-electron chi connectivity index (χ0n) is 10.8. The summed E-state index contributed by atoms with van der Waals surface area (Å²) in [6.45, 7) is 6.14. The highest BCUT2D eigenvalue weighted by atomic mass is 16.6. The van der Waals surface area contributed by atoms with E-state index in [9.17, 15) is 10.1 Å². The number of rotatable bonds is 5. The molecule has 0 bridgehead atoms. The molecule has 0 radical (unpaired) electrons. The van der Waals surface area contributed by atoms with E-state index < -0.39 is 4.92 Å². The second-order valence-corrected chi connectivity index (χ2v) is 4.72. The van der Waals surface area contributed by atoms with Crippen LogP contribution in [0, 0.1) is 16.0 Å². The van der Waals surface area contributed by atoms with Crippen LogP contribution in [0.1, 0.15) is 13.3 Å². The first-order chi connectivity index (χ1) is 8.60. The van der Waals surface area contributed by atoms with Gasteiger partial charge in [-0.3, -0.25) is 14.8 Å². The quantitative estimate of drug-likeness (QED) is 0.627. The maximum atomic E-state index is 10.8. The molecule has 1 fully saturated rings. The lowest BCUT2D eigenvalue weighted by Gasteiger charge is -2.13. The summed E-state index contributed by atoms with van der Waals surface area (Å²) in [6.07, 6.45) is 2.57. The second-order valence-electron chi connectivity index (χ2n) is 4.72. The van der Waals surface area contributed by atoms with Gasteiger partial charge in [0.1, 0.15) is 6.20 Å². The number of likely N-dealkylation sites (tertiary alicyclic amines) is 1. The van der Waals surface area contributed by atoms with Crippen LogP contribution >= 0.6 is 0 Å². The van der Waals surface area contributed by atoms with E-state index in [4.69, 9.17) is 0 Å². The molecule has 0 aromatic carbocycles. The molecule has 0 amide bonds. The molecule has 7 heteroatoms. The molecule has 18 heavy (non-hydrogen) atoms. The molecule has 1 unspecified atom stereocenters. The number of aromatic nitrogens is 2. The molecule has 0 spiro atoms. The molecule has 1 aliphatic heterocycles. The van der Waals surface area contributed by atoms with Gasteiger partial charge in [0.15, 0.2) is 0 Å². The van der Waals surface area contributed by atoms with E-state index >= 15 is 0 Å². The Kier molecular flexibility index (Phi) is 3.81. The van der Waals surface area contributed by atoms with Crippen molar-refractivity contribution in [1.29, 1.82) is 0 Å². The number of hydrogen-bond donors (Lipinski definition) is 1. The molecule has 0 saturated carbocycles. The minimum atomic E-state index is -0.400. The Bertz CT molecular complexity index is 431. The van der Waals surface area contributed by atoms with E-state index in [0.29, 0.717) is 11.7 Å². The third-order valence-corrected chi connectivity index (χ3v) is 3.38. The van der Waals surface area contributed by atoms with Crippen LogP contribution in [0.4, 0.5) is 11.5 Å². The van der Waals surface area contributed by atoms with Crippen molar-refractivity contribution in [2.45, 2.75) is 13.3 Å². The summed E-state index contributed by atoms with van der Waals surface area (Å²) < 4.78 is 1.47. The SMILES string of the molecule is CCN1CCC(CNc2nn(C)cc2[N+](=O)[O-])C1. The smallest absolute Gasteiger partial charge is 0.330 e. The van der Waals surface area contributed by atoms with Gasteiger partial charge in [-0.15, -0.1) is 5.10 Å². The van der Waals surface area contributed by atoms with Gasteiger partial charge < -0.3 is 10.2 Å². The lowest BCUT2D eigenvalue weighted by Crippen LogP contribution is -2.22. The van der Waals surface area contributed by atoms with Crippen molar-refractivity contribution in [1.82, 2.24) is 14.7 Å². The van der Waals surface area contributed by atoms with E-state index in [-0.39, 0.29) is 5.69 Å². The molecule has 1 N–H and O–H groups in total. The summed E-state index contributed by atoms with van der Waals surface area (Å²) in [4.78, 5) is 12.8. The van der Waals surface area contributed by atoms with Crippen LogP contribution in [-0.4, -0.2) is 45.8 Å². The second kappa shape index (κ2) is 5.34. The topological polar surface area (TPSA) is 76.2 Å². The van der Waals surface area contributed by atoms with Crippen LogP contribution < -0.4 is 5.32 Å². The van der Waals surface area contributed by atoms with Gasteiger partial charge in [0.25, 0.3) is 0 Å². The van der Waals surface area contributed by atoms with E-state index in [1.807, 2.05) is 0 Å². The molecule has 1 saturated heterocycles. The van der Waals surface area contributed by atoms with Crippen molar-refractivity contribution >= 4 is 11.5 Å². The Morgan fingerprint density at radius 3 is 3.06 bits per heavy atom. The van der Waals surface area contributed by atoms with Crippen molar-refractivity contribution in [3.8, 4) is 0 Å². The summed E-state index contributed by atoms with van der Waals surface area (Å²) in [5, 5.41) is 18.0. The molecule has 100 valence electrons. The number of anilines is 1. The fourth-order valence-corrected chi connectivity index (χ4v) is 2.34. The lowest BCUT2D eigenvalue weighted by atomic mass is 10.1. The lowest BCUT2D eigenvalue weighted by molar-refractivity contribution is -0.384. The molecule has 0 aliphatic carbocycles. The number of nitrogens with one attached hydrogen (secondary N) is 1. The fraction of sp³-hybridized carbons (Fsp3) is 0.727. The summed E-state index contributed by atoms with van der Waals surface area (Å²) in [7, 11) is 1.69. The largest absolute Gasteiger partial charge is 0.363 e. The molecule has 1 aliphatic rings. The summed E-state index contributed by atoms with van der Waals surface area (Å²) in [5.74, 6) is 0.920. The number of hydrogen-bond acceptors (Lipinski definition) is 5. The standard InChI is InChI=1S/C11H19N5O2/c1-3-15-5-4-9(7-15)6-12-11-10(16(17)18)8-14(2)13-11/h8-9H,3-7H2,1-2H3,(H,12,13). The third-order valence-electron chi connectivity index (χ3n) is 3.38. The molecular formula is C11H19N5O2. The summed E-state index contributed by atoms with van der Waals surface area (Å²) in [6, 6.07) is 0. The van der Waals surface area contributed by atoms with Crippen LogP contribution in [-0.2, 0) is 7.05 Å². The van der Waals surface area contributed by atoms with E-state index in [2.05, 4.69) is 22.2 Å². The van der Waals surface area contributed by atoms with Crippen molar-refractivity contribution in [2.75, 3.05) is 31.5 Å². The van der Waals surface area contributed by atoms with Gasteiger partial charge in [-0.2, -0.15) is 0 Å². The van der Waals surface area contributed by atoms with E-state index in [1.54, 1.807) is 7.05 Å².